The van der Waals surface area contributed by atoms with Gasteiger partial charge in [0, 0.05) is 16.1 Å². The van der Waals surface area contributed by atoms with Gasteiger partial charge in [0.05, 0.1) is 17.7 Å². The molecule has 1 saturated carbocycles. The fourth-order valence-electron chi connectivity index (χ4n) is 4.45. The number of aromatic hydroxyl groups is 1. The number of hydrogen-bond acceptors (Lipinski definition) is 5. The number of aryl methyl sites for hydroxylation is 3. The topological polar surface area (TPSA) is 99.1 Å². The molecular weight excluding hydrogens is 506 g/mol. The lowest BCUT2D eigenvalue weighted by Gasteiger charge is -2.33. The zero-order valence-electron chi connectivity index (χ0n) is 19.1. The van der Waals surface area contributed by atoms with Gasteiger partial charge in [-0.05, 0) is 62.9 Å². The van der Waals surface area contributed by atoms with E-state index in [4.69, 9.17) is 0 Å². The molecule has 3 rings (SSSR count). The maximum atomic E-state index is 13.8. The van der Waals surface area contributed by atoms with E-state index in [0.29, 0.717) is 16.7 Å². The number of sulfonamides is 1. The standard InChI is InChI=1S/C24H30BrN3O4S/c1-16-11-17(2)24(18(3)12-16)33(31,32)28(21-7-5-4-6-8-21)15-23(30)27-26-14-19-13-20(25)9-10-22(19)29/h9-14,21,29H,4-8,15H2,1-3H3,(H,27,30)/b26-14+. The van der Waals surface area contributed by atoms with Gasteiger partial charge < -0.3 is 5.11 Å². The molecule has 33 heavy (non-hydrogen) atoms. The van der Waals surface area contributed by atoms with Crippen LogP contribution in [0.1, 0.15) is 54.4 Å². The summed E-state index contributed by atoms with van der Waals surface area (Å²) in [6, 6.07) is 8.34. The van der Waals surface area contributed by atoms with Gasteiger partial charge in [0.1, 0.15) is 5.75 Å². The maximum Gasteiger partial charge on any atom is 0.255 e. The van der Waals surface area contributed by atoms with Gasteiger partial charge in [-0.25, -0.2) is 13.8 Å². The average Bonchev–Trinajstić information content (AvgIpc) is 2.74. The minimum absolute atomic E-state index is 0.0212. The van der Waals surface area contributed by atoms with Crippen LogP contribution in [0.15, 0.2) is 44.8 Å². The Labute approximate surface area is 204 Å². The number of nitrogens with zero attached hydrogens (tertiary/aromatic N) is 2. The summed E-state index contributed by atoms with van der Waals surface area (Å²) in [5.74, 6) is -0.509. The van der Waals surface area contributed by atoms with Gasteiger partial charge in [0.2, 0.25) is 10.0 Å². The summed E-state index contributed by atoms with van der Waals surface area (Å²) in [5, 5.41) is 13.8. The van der Waals surface area contributed by atoms with Crippen LogP contribution in [0.5, 0.6) is 5.75 Å². The Balaban J connectivity index is 1.85. The Morgan fingerprint density at radius 2 is 1.79 bits per heavy atom. The van der Waals surface area contributed by atoms with E-state index in [-0.39, 0.29) is 23.2 Å². The first kappa shape index (κ1) is 25.4. The zero-order chi connectivity index (χ0) is 24.2. The minimum atomic E-state index is -3.89. The predicted molar refractivity (Wildman–Crippen MR) is 133 cm³/mol. The first-order chi connectivity index (χ1) is 15.6. The highest BCUT2D eigenvalue weighted by atomic mass is 79.9. The molecule has 1 aliphatic rings. The molecule has 0 bridgehead atoms. The Kier molecular flexibility index (Phi) is 8.31. The molecule has 1 aliphatic carbocycles. The number of carbonyl (C=O) groups is 1. The van der Waals surface area contributed by atoms with E-state index < -0.39 is 15.9 Å². The van der Waals surface area contributed by atoms with Gasteiger partial charge >= 0.3 is 0 Å². The molecule has 7 nitrogen and oxygen atoms in total. The second-order valence-corrected chi connectivity index (χ2v) is 11.3. The molecule has 0 aromatic heterocycles. The highest BCUT2D eigenvalue weighted by Crippen LogP contribution is 2.31. The summed E-state index contributed by atoms with van der Waals surface area (Å²) in [7, 11) is -3.89. The number of halogens is 1. The van der Waals surface area contributed by atoms with E-state index in [1.165, 1.54) is 16.6 Å². The van der Waals surface area contributed by atoms with Crippen LogP contribution in [0.25, 0.3) is 0 Å². The zero-order valence-corrected chi connectivity index (χ0v) is 21.5. The van der Waals surface area contributed by atoms with Crippen molar-refractivity contribution >= 4 is 38.1 Å². The van der Waals surface area contributed by atoms with Crippen molar-refractivity contribution in [2.24, 2.45) is 5.10 Å². The molecule has 2 N–H and O–H groups in total. The van der Waals surface area contributed by atoms with Crippen molar-refractivity contribution in [2.45, 2.75) is 63.8 Å². The maximum absolute atomic E-state index is 13.8. The summed E-state index contributed by atoms with van der Waals surface area (Å²) in [6.07, 6.45) is 5.72. The van der Waals surface area contributed by atoms with Crippen LogP contribution in [-0.4, -0.2) is 42.5 Å². The molecule has 2 aromatic rings. The Morgan fingerprint density at radius 1 is 1.15 bits per heavy atom. The summed E-state index contributed by atoms with van der Waals surface area (Å²) in [6.45, 7) is 5.20. The van der Waals surface area contributed by atoms with Crippen LogP contribution < -0.4 is 5.43 Å². The third kappa shape index (κ3) is 6.22. The van der Waals surface area contributed by atoms with Gasteiger partial charge in [-0.3, -0.25) is 4.79 Å². The van der Waals surface area contributed by atoms with E-state index in [9.17, 15) is 18.3 Å². The van der Waals surface area contributed by atoms with Crippen molar-refractivity contribution in [1.29, 1.82) is 0 Å². The number of benzene rings is 2. The smallest absolute Gasteiger partial charge is 0.255 e. The number of phenols is 1. The van der Waals surface area contributed by atoms with Crippen molar-refractivity contribution in [2.75, 3.05) is 6.54 Å². The fourth-order valence-corrected chi connectivity index (χ4v) is 6.89. The second-order valence-electron chi connectivity index (χ2n) is 8.57. The van der Waals surface area contributed by atoms with Gasteiger partial charge in [0.25, 0.3) is 5.91 Å². The molecule has 0 atom stereocenters. The molecule has 1 amide bonds. The van der Waals surface area contributed by atoms with Crippen molar-refractivity contribution in [3.8, 4) is 5.75 Å². The highest BCUT2D eigenvalue weighted by molar-refractivity contribution is 9.10. The largest absolute Gasteiger partial charge is 0.507 e. The number of amides is 1. The average molecular weight is 536 g/mol. The molecular formula is C24H30BrN3O4S. The predicted octanol–water partition coefficient (Wildman–Crippen LogP) is 4.55. The van der Waals surface area contributed by atoms with Crippen LogP contribution in [0, 0.1) is 20.8 Å². The SMILES string of the molecule is Cc1cc(C)c(S(=O)(=O)N(CC(=O)N/N=C/c2cc(Br)ccc2O)C2CCCCC2)c(C)c1. The molecule has 0 aliphatic heterocycles. The van der Waals surface area contributed by atoms with Gasteiger partial charge in [-0.1, -0.05) is 52.9 Å². The third-order valence-electron chi connectivity index (χ3n) is 5.84. The number of hydrogen-bond donors (Lipinski definition) is 2. The number of nitrogens with one attached hydrogen (secondary N) is 1. The van der Waals surface area contributed by atoms with Gasteiger partial charge in [-0.15, -0.1) is 0 Å². The first-order valence-electron chi connectivity index (χ1n) is 11.0. The highest BCUT2D eigenvalue weighted by Gasteiger charge is 2.35. The number of phenolic OH excluding ortho intramolecular Hbond substituents is 1. The molecule has 178 valence electrons. The molecule has 0 saturated heterocycles. The molecule has 2 aromatic carbocycles. The van der Waals surface area contributed by atoms with Crippen LogP contribution in [0.4, 0.5) is 0 Å². The van der Waals surface area contributed by atoms with Crippen LogP contribution in [0.2, 0.25) is 0 Å². The summed E-state index contributed by atoms with van der Waals surface area (Å²) in [5.41, 5.74) is 5.18. The molecule has 1 fully saturated rings. The summed E-state index contributed by atoms with van der Waals surface area (Å²) in [4.78, 5) is 13.0. The second kappa shape index (κ2) is 10.8. The van der Waals surface area contributed by atoms with Crippen molar-refractivity contribution in [3.05, 3.63) is 57.1 Å². The van der Waals surface area contributed by atoms with Crippen molar-refractivity contribution in [1.82, 2.24) is 9.73 Å². The molecule has 0 radical (unpaired) electrons. The number of hydrazone groups is 1. The van der Waals surface area contributed by atoms with Crippen LogP contribution in [-0.2, 0) is 14.8 Å². The third-order valence-corrected chi connectivity index (χ3v) is 8.53. The van der Waals surface area contributed by atoms with E-state index >= 15 is 0 Å². The molecule has 0 unspecified atom stereocenters. The Bertz CT molecular complexity index is 1140. The van der Waals surface area contributed by atoms with E-state index in [1.807, 2.05) is 19.1 Å². The Hall–Kier alpha value is -2.23. The van der Waals surface area contributed by atoms with Gasteiger partial charge in [-0.2, -0.15) is 9.41 Å². The summed E-state index contributed by atoms with van der Waals surface area (Å²) < 4.78 is 29.6. The molecule has 0 heterocycles. The molecule has 9 heteroatoms. The number of carbonyl (C=O) groups excluding carboxylic acids is 1. The Morgan fingerprint density at radius 3 is 2.42 bits per heavy atom. The minimum Gasteiger partial charge on any atom is -0.507 e. The fraction of sp³-hybridized carbons (Fsp3) is 0.417. The summed E-state index contributed by atoms with van der Waals surface area (Å²) >= 11 is 3.32. The van der Waals surface area contributed by atoms with E-state index in [1.54, 1.807) is 26.0 Å². The van der Waals surface area contributed by atoms with Gasteiger partial charge in [0.15, 0.2) is 0 Å². The lowest BCUT2D eigenvalue weighted by atomic mass is 9.95. The first-order valence-corrected chi connectivity index (χ1v) is 13.2. The quantitative estimate of drug-likeness (QED) is 0.401. The van der Waals surface area contributed by atoms with Crippen LogP contribution >= 0.6 is 15.9 Å². The van der Waals surface area contributed by atoms with Crippen molar-refractivity contribution in [3.63, 3.8) is 0 Å². The van der Waals surface area contributed by atoms with Crippen molar-refractivity contribution < 1.29 is 18.3 Å². The monoisotopic (exact) mass is 535 g/mol. The van der Waals surface area contributed by atoms with E-state index in [2.05, 4.69) is 26.5 Å². The normalized spacial score (nSPS) is 15.3. The molecule has 0 spiro atoms. The lowest BCUT2D eigenvalue weighted by molar-refractivity contribution is -0.121. The number of rotatable bonds is 7. The lowest BCUT2D eigenvalue weighted by Crippen LogP contribution is -2.46. The van der Waals surface area contributed by atoms with Crippen LogP contribution in [0.3, 0.4) is 0 Å². The van der Waals surface area contributed by atoms with E-state index in [0.717, 1.165) is 42.1 Å².